The molecule has 0 unspecified atom stereocenters. The minimum Gasteiger partial charge on any atom is -0.294 e. The molecule has 0 saturated heterocycles. The Labute approximate surface area is 123 Å². The van der Waals surface area contributed by atoms with Crippen LogP contribution in [0.3, 0.4) is 0 Å². The molecule has 2 aromatic rings. The van der Waals surface area contributed by atoms with Crippen LogP contribution in [0.4, 0.5) is 17.6 Å². The fraction of sp³-hybridized carbons (Fsp3) is 0.133. The number of alkyl halides is 3. The van der Waals surface area contributed by atoms with E-state index in [1.165, 1.54) is 48.5 Å². The van der Waals surface area contributed by atoms with Gasteiger partial charge < -0.3 is 0 Å². The summed E-state index contributed by atoms with van der Waals surface area (Å²) in [5.41, 5.74) is -3.35. The molecule has 0 spiro atoms. The third kappa shape index (κ3) is 4.90. The molecule has 2 aromatic carbocycles. The average Bonchev–Trinajstić information content (AvgIpc) is 2.40. The van der Waals surface area contributed by atoms with Gasteiger partial charge in [-0.2, -0.15) is 13.2 Å². The van der Waals surface area contributed by atoms with Gasteiger partial charge in [-0.15, -0.1) is 0 Å². The van der Waals surface area contributed by atoms with Crippen molar-refractivity contribution < 1.29 is 22.4 Å². The Morgan fingerprint density at radius 1 is 0.952 bits per heavy atom. The standard InChI is InChI=1S/C15H10F4OS/c16-12-5-3-11(4-6-12)14(20)9-10-1-7-13(8-2-10)21-15(17,18)19/h1-8H,9H2. The highest BCUT2D eigenvalue weighted by Crippen LogP contribution is 2.36. The predicted molar refractivity (Wildman–Crippen MR) is 72.8 cm³/mol. The van der Waals surface area contributed by atoms with Gasteiger partial charge in [0.05, 0.1) is 0 Å². The average molecular weight is 314 g/mol. The lowest BCUT2D eigenvalue weighted by Gasteiger charge is -2.06. The molecule has 0 radical (unpaired) electrons. The molecule has 0 atom stereocenters. The summed E-state index contributed by atoms with van der Waals surface area (Å²) in [5.74, 6) is -0.647. The van der Waals surface area contributed by atoms with Crippen LogP contribution in [0.2, 0.25) is 0 Å². The lowest BCUT2D eigenvalue weighted by molar-refractivity contribution is -0.0328. The second-order valence-corrected chi connectivity index (χ2v) is 5.44. The molecular formula is C15H10F4OS. The van der Waals surface area contributed by atoms with Gasteiger partial charge in [-0.25, -0.2) is 4.39 Å². The van der Waals surface area contributed by atoms with E-state index in [1.807, 2.05) is 0 Å². The van der Waals surface area contributed by atoms with Crippen molar-refractivity contribution in [2.75, 3.05) is 0 Å². The first-order chi connectivity index (χ1) is 9.83. The first-order valence-electron chi connectivity index (χ1n) is 5.97. The van der Waals surface area contributed by atoms with Crippen molar-refractivity contribution >= 4 is 17.5 Å². The lowest BCUT2D eigenvalue weighted by Crippen LogP contribution is -2.03. The molecule has 1 nitrogen and oxygen atoms in total. The number of halogens is 4. The Morgan fingerprint density at radius 2 is 1.52 bits per heavy atom. The lowest BCUT2D eigenvalue weighted by atomic mass is 10.0. The molecule has 0 amide bonds. The van der Waals surface area contributed by atoms with Crippen molar-refractivity contribution in [3.05, 3.63) is 65.5 Å². The first kappa shape index (κ1) is 15.6. The predicted octanol–water partition coefficient (Wildman–Crippen LogP) is 4.86. The number of benzene rings is 2. The normalized spacial score (nSPS) is 11.4. The highest BCUT2D eigenvalue weighted by Gasteiger charge is 2.29. The third-order valence-corrected chi connectivity index (χ3v) is 3.43. The van der Waals surface area contributed by atoms with Gasteiger partial charge in [0, 0.05) is 16.9 Å². The zero-order valence-electron chi connectivity index (χ0n) is 10.7. The molecule has 0 fully saturated rings. The number of hydrogen-bond donors (Lipinski definition) is 0. The van der Waals surface area contributed by atoms with Gasteiger partial charge in [0.1, 0.15) is 5.82 Å². The molecule has 0 bridgehead atoms. The molecule has 0 saturated carbocycles. The number of ketones is 1. The fourth-order valence-electron chi connectivity index (χ4n) is 1.73. The van der Waals surface area contributed by atoms with E-state index in [-0.39, 0.29) is 28.9 Å². The number of carbonyl (C=O) groups is 1. The van der Waals surface area contributed by atoms with Gasteiger partial charge in [-0.3, -0.25) is 4.79 Å². The third-order valence-electron chi connectivity index (χ3n) is 2.69. The number of thioether (sulfide) groups is 1. The molecule has 21 heavy (non-hydrogen) atoms. The van der Waals surface area contributed by atoms with Crippen LogP contribution in [0.1, 0.15) is 15.9 Å². The van der Waals surface area contributed by atoms with E-state index >= 15 is 0 Å². The number of carbonyl (C=O) groups excluding carboxylic acids is 1. The van der Waals surface area contributed by atoms with E-state index in [4.69, 9.17) is 0 Å². The van der Waals surface area contributed by atoms with Gasteiger partial charge in [0.2, 0.25) is 0 Å². The molecular weight excluding hydrogens is 304 g/mol. The molecule has 0 heterocycles. The summed E-state index contributed by atoms with van der Waals surface area (Å²) in [5, 5.41) is 0. The Balaban J connectivity index is 2.03. The summed E-state index contributed by atoms with van der Waals surface area (Å²) in [6.45, 7) is 0. The molecule has 0 aliphatic heterocycles. The summed E-state index contributed by atoms with van der Waals surface area (Å²) in [7, 11) is 0. The van der Waals surface area contributed by atoms with E-state index in [9.17, 15) is 22.4 Å². The minimum absolute atomic E-state index is 0.0581. The molecule has 0 aromatic heterocycles. The minimum atomic E-state index is -4.33. The summed E-state index contributed by atoms with van der Waals surface area (Å²) < 4.78 is 49.3. The Kier molecular flexibility index (Phi) is 4.67. The highest BCUT2D eigenvalue weighted by atomic mass is 32.2. The van der Waals surface area contributed by atoms with Crippen molar-refractivity contribution in [1.29, 1.82) is 0 Å². The number of rotatable bonds is 4. The molecule has 6 heteroatoms. The monoisotopic (exact) mass is 314 g/mol. The van der Waals surface area contributed by atoms with Crippen LogP contribution in [0.15, 0.2) is 53.4 Å². The summed E-state index contributed by atoms with van der Waals surface area (Å²) in [6.07, 6.45) is 0.0581. The smallest absolute Gasteiger partial charge is 0.294 e. The van der Waals surface area contributed by atoms with Crippen molar-refractivity contribution in [2.45, 2.75) is 16.8 Å². The zero-order valence-corrected chi connectivity index (χ0v) is 11.5. The van der Waals surface area contributed by atoms with E-state index in [0.717, 1.165) is 0 Å². The van der Waals surface area contributed by atoms with E-state index in [1.54, 1.807) is 0 Å². The summed E-state index contributed by atoms with van der Waals surface area (Å²) in [6, 6.07) is 10.8. The Morgan fingerprint density at radius 3 is 2.05 bits per heavy atom. The molecule has 0 N–H and O–H groups in total. The largest absolute Gasteiger partial charge is 0.446 e. The second kappa shape index (κ2) is 6.30. The number of hydrogen-bond acceptors (Lipinski definition) is 2. The Bertz CT molecular complexity index is 618. The van der Waals surface area contributed by atoms with E-state index < -0.39 is 11.3 Å². The highest BCUT2D eigenvalue weighted by molar-refractivity contribution is 8.00. The van der Waals surface area contributed by atoms with Gasteiger partial charge >= 0.3 is 5.51 Å². The number of Topliss-reactive ketones (excluding diaryl/α,β-unsaturated/α-hetero) is 1. The van der Waals surface area contributed by atoms with Crippen molar-refractivity contribution in [2.24, 2.45) is 0 Å². The first-order valence-corrected chi connectivity index (χ1v) is 6.78. The van der Waals surface area contributed by atoms with Crippen LogP contribution in [0.5, 0.6) is 0 Å². The molecule has 0 aliphatic rings. The summed E-state index contributed by atoms with van der Waals surface area (Å²) in [4.78, 5) is 12.0. The van der Waals surface area contributed by atoms with Crippen LogP contribution in [0, 0.1) is 5.82 Å². The quantitative estimate of drug-likeness (QED) is 0.455. The van der Waals surface area contributed by atoms with Crippen LogP contribution >= 0.6 is 11.8 Å². The van der Waals surface area contributed by atoms with Crippen LogP contribution < -0.4 is 0 Å². The molecule has 110 valence electrons. The Hall–Kier alpha value is -1.82. The maximum absolute atomic E-state index is 12.8. The fourth-order valence-corrected chi connectivity index (χ4v) is 2.27. The van der Waals surface area contributed by atoms with Crippen molar-refractivity contribution in [3.63, 3.8) is 0 Å². The van der Waals surface area contributed by atoms with Gasteiger partial charge in [0.25, 0.3) is 0 Å². The van der Waals surface area contributed by atoms with Crippen LogP contribution in [-0.4, -0.2) is 11.3 Å². The van der Waals surface area contributed by atoms with Crippen LogP contribution in [0.25, 0.3) is 0 Å². The van der Waals surface area contributed by atoms with Crippen LogP contribution in [-0.2, 0) is 6.42 Å². The maximum Gasteiger partial charge on any atom is 0.446 e. The summed E-state index contributed by atoms with van der Waals surface area (Å²) >= 11 is -0.200. The maximum atomic E-state index is 12.8. The SMILES string of the molecule is O=C(Cc1ccc(SC(F)(F)F)cc1)c1ccc(F)cc1. The molecule has 0 aliphatic carbocycles. The van der Waals surface area contributed by atoms with Gasteiger partial charge in [-0.1, -0.05) is 12.1 Å². The zero-order chi connectivity index (χ0) is 15.5. The van der Waals surface area contributed by atoms with E-state index in [0.29, 0.717) is 11.1 Å². The van der Waals surface area contributed by atoms with Crippen molar-refractivity contribution in [1.82, 2.24) is 0 Å². The van der Waals surface area contributed by atoms with E-state index in [2.05, 4.69) is 0 Å². The van der Waals surface area contributed by atoms with Crippen molar-refractivity contribution in [3.8, 4) is 0 Å². The topological polar surface area (TPSA) is 17.1 Å². The van der Waals surface area contributed by atoms with Gasteiger partial charge in [0.15, 0.2) is 5.78 Å². The molecule has 2 rings (SSSR count). The van der Waals surface area contributed by atoms with Gasteiger partial charge in [-0.05, 0) is 53.7 Å². The second-order valence-electron chi connectivity index (χ2n) is 4.30.